The third-order valence-corrected chi connectivity index (χ3v) is 7.07. The number of nitrogens with zero attached hydrogens (tertiary/aromatic N) is 6. The van der Waals surface area contributed by atoms with Gasteiger partial charge in [-0.25, -0.2) is 24.9 Å². The quantitative estimate of drug-likeness (QED) is 0.227. The minimum Gasteiger partial charge on any atom is -0.480 e. The highest BCUT2D eigenvalue weighted by Gasteiger charge is 2.34. The topological polar surface area (TPSA) is 78.6 Å². The number of alkyl halides is 3. The summed E-state index contributed by atoms with van der Waals surface area (Å²) in [5.41, 5.74) is 3.32. The van der Waals surface area contributed by atoms with Gasteiger partial charge in [-0.3, -0.25) is 0 Å². The van der Waals surface area contributed by atoms with E-state index in [1.54, 1.807) is 44.2 Å². The van der Waals surface area contributed by atoms with Gasteiger partial charge >= 0.3 is 6.18 Å². The molecule has 0 N–H and O–H groups in total. The van der Waals surface area contributed by atoms with Gasteiger partial charge in [0, 0.05) is 36.7 Å². The number of aromatic nitrogens is 6. The van der Waals surface area contributed by atoms with Crippen molar-refractivity contribution in [2.24, 2.45) is 7.05 Å². The first-order chi connectivity index (χ1) is 17.2. The van der Waals surface area contributed by atoms with E-state index in [4.69, 9.17) is 9.72 Å². The average Bonchev–Trinajstić information content (AvgIpc) is 3.63. The summed E-state index contributed by atoms with van der Waals surface area (Å²) in [7, 11) is 3.13. The van der Waals surface area contributed by atoms with Crippen molar-refractivity contribution in [3.05, 3.63) is 65.5 Å². The van der Waals surface area contributed by atoms with E-state index in [-0.39, 0.29) is 5.82 Å². The second-order valence-corrected chi connectivity index (χ2v) is 9.61. The Bertz CT molecular complexity index is 1400. The van der Waals surface area contributed by atoms with Crippen LogP contribution in [0.3, 0.4) is 0 Å². The van der Waals surface area contributed by atoms with E-state index >= 15 is 0 Å². The molecule has 4 aromatic rings. The molecule has 0 spiro atoms. The van der Waals surface area contributed by atoms with Crippen LogP contribution in [0.4, 0.5) is 13.2 Å². The molecule has 1 aromatic carbocycles. The van der Waals surface area contributed by atoms with Gasteiger partial charge in [0.05, 0.1) is 12.8 Å². The molecule has 186 valence electrons. The molecule has 1 fully saturated rings. The molecule has 0 saturated heterocycles. The standard InChI is InChI=1S/C25H23F3N6OS/c1-14-10-29-21(19-20(16-8-9-16)30-13-31-23(19)35-3)33-24(14)36-12-15-4-6-17(7-5-15)22-32-18(11-34(22)2)25(26,27)28/h4-7,10-11,13,16H,8-9,12H2,1-3H3. The number of rotatable bonds is 7. The Morgan fingerprint density at radius 3 is 2.47 bits per heavy atom. The number of hydrogen-bond acceptors (Lipinski definition) is 7. The van der Waals surface area contributed by atoms with Gasteiger partial charge in [0.1, 0.15) is 22.7 Å². The average molecular weight is 513 g/mol. The van der Waals surface area contributed by atoms with Crippen molar-refractivity contribution in [3.63, 3.8) is 0 Å². The fourth-order valence-electron chi connectivity index (χ4n) is 3.88. The fraction of sp³-hybridized carbons (Fsp3) is 0.320. The number of hydrogen-bond donors (Lipinski definition) is 0. The number of methoxy groups -OCH3 is 1. The Morgan fingerprint density at radius 1 is 1.08 bits per heavy atom. The van der Waals surface area contributed by atoms with Gasteiger partial charge < -0.3 is 9.30 Å². The lowest BCUT2D eigenvalue weighted by Crippen LogP contribution is -2.04. The van der Waals surface area contributed by atoms with E-state index in [0.717, 1.165) is 46.4 Å². The zero-order chi connectivity index (χ0) is 25.4. The molecule has 0 aliphatic heterocycles. The largest absolute Gasteiger partial charge is 0.480 e. The Hall–Kier alpha value is -3.47. The highest BCUT2D eigenvalue weighted by Crippen LogP contribution is 2.45. The highest BCUT2D eigenvalue weighted by atomic mass is 32.2. The molecule has 3 aromatic heterocycles. The van der Waals surface area contributed by atoms with Gasteiger partial charge in [-0.15, -0.1) is 11.8 Å². The molecule has 0 amide bonds. The maximum Gasteiger partial charge on any atom is 0.434 e. The lowest BCUT2D eigenvalue weighted by atomic mass is 10.1. The van der Waals surface area contributed by atoms with Crippen LogP contribution in [0.15, 0.2) is 48.0 Å². The highest BCUT2D eigenvalue weighted by molar-refractivity contribution is 7.98. The van der Waals surface area contributed by atoms with Crippen molar-refractivity contribution >= 4 is 11.8 Å². The summed E-state index contributed by atoms with van der Waals surface area (Å²) < 4.78 is 45.9. The molecule has 5 rings (SSSR count). The van der Waals surface area contributed by atoms with Gasteiger partial charge in [0.2, 0.25) is 5.88 Å². The van der Waals surface area contributed by atoms with Gasteiger partial charge in [0.15, 0.2) is 11.5 Å². The lowest BCUT2D eigenvalue weighted by Gasteiger charge is -2.12. The third kappa shape index (κ3) is 4.92. The smallest absolute Gasteiger partial charge is 0.434 e. The van der Waals surface area contributed by atoms with E-state index in [0.29, 0.717) is 28.9 Å². The number of aryl methyl sites for hydroxylation is 2. The zero-order valence-electron chi connectivity index (χ0n) is 19.9. The van der Waals surface area contributed by atoms with Crippen LogP contribution in [0, 0.1) is 6.92 Å². The van der Waals surface area contributed by atoms with Crippen molar-refractivity contribution in [2.45, 2.75) is 42.6 Å². The van der Waals surface area contributed by atoms with Crippen LogP contribution in [0.2, 0.25) is 0 Å². The number of halogens is 3. The number of ether oxygens (including phenoxy) is 1. The first-order valence-electron chi connectivity index (χ1n) is 11.3. The van der Waals surface area contributed by atoms with Gasteiger partial charge in [-0.1, -0.05) is 24.3 Å². The van der Waals surface area contributed by atoms with Crippen molar-refractivity contribution in [3.8, 4) is 28.7 Å². The monoisotopic (exact) mass is 512 g/mol. The Labute approximate surface area is 210 Å². The number of imidazole rings is 1. The molecule has 11 heteroatoms. The predicted octanol–water partition coefficient (Wildman–Crippen LogP) is 5.84. The maximum absolute atomic E-state index is 13.0. The predicted molar refractivity (Wildman–Crippen MR) is 130 cm³/mol. The first-order valence-corrected chi connectivity index (χ1v) is 12.3. The second kappa shape index (κ2) is 9.53. The van der Waals surface area contributed by atoms with Gasteiger partial charge in [-0.05, 0) is 30.9 Å². The van der Waals surface area contributed by atoms with Crippen LogP contribution < -0.4 is 4.74 Å². The molecule has 0 radical (unpaired) electrons. The molecule has 0 atom stereocenters. The Balaban J connectivity index is 1.35. The molecular weight excluding hydrogens is 489 g/mol. The summed E-state index contributed by atoms with van der Waals surface area (Å²) in [5, 5.41) is 0.829. The molecule has 0 bridgehead atoms. The summed E-state index contributed by atoms with van der Waals surface area (Å²) in [6, 6.07) is 7.34. The van der Waals surface area contributed by atoms with E-state index < -0.39 is 11.9 Å². The molecule has 1 saturated carbocycles. The molecule has 1 aliphatic rings. The molecule has 0 unspecified atom stereocenters. The third-order valence-electron chi connectivity index (χ3n) is 5.90. The minimum absolute atomic E-state index is 0.267. The summed E-state index contributed by atoms with van der Waals surface area (Å²) in [5.74, 6) is 2.27. The van der Waals surface area contributed by atoms with Crippen molar-refractivity contribution in [1.29, 1.82) is 0 Å². The van der Waals surface area contributed by atoms with Crippen LogP contribution in [0.5, 0.6) is 5.88 Å². The van der Waals surface area contributed by atoms with E-state index in [1.807, 2.05) is 19.1 Å². The normalized spacial score (nSPS) is 13.7. The summed E-state index contributed by atoms with van der Waals surface area (Å²) in [6.45, 7) is 1.95. The first kappa shape index (κ1) is 24.2. The summed E-state index contributed by atoms with van der Waals surface area (Å²) in [6.07, 6.45) is 1.97. The second-order valence-electron chi connectivity index (χ2n) is 8.64. The minimum atomic E-state index is -4.48. The van der Waals surface area contributed by atoms with E-state index in [2.05, 4.69) is 19.9 Å². The SMILES string of the molecule is COc1ncnc(C2CC2)c1-c1ncc(C)c(SCc2ccc(-c3nc(C(F)(F)F)cn3C)cc2)n1. The van der Waals surface area contributed by atoms with Crippen LogP contribution in [0.1, 0.15) is 41.3 Å². The van der Waals surface area contributed by atoms with Crippen LogP contribution in [-0.4, -0.2) is 36.6 Å². The lowest BCUT2D eigenvalue weighted by molar-refractivity contribution is -0.140. The van der Waals surface area contributed by atoms with Crippen molar-refractivity contribution in [1.82, 2.24) is 29.5 Å². The van der Waals surface area contributed by atoms with Gasteiger partial charge in [0.25, 0.3) is 0 Å². The molecular formula is C25H23F3N6OS. The zero-order valence-corrected chi connectivity index (χ0v) is 20.7. The molecule has 3 heterocycles. The summed E-state index contributed by atoms with van der Waals surface area (Å²) >= 11 is 1.56. The van der Waals surface area contributed by atoms with Crippen LogP contribution in [0.25, 0.3) is 22.8 Å². The number of thioether (sulfide) groups is 1. The Kier molecular flexibility index (Phi) is 6.42. The molecule has 36 heavy (non-hydrogen) atoms. The van der Waals surface area contributed by atoms with Crippen molar-refractivity contribution in [2.75, 3.05) is 7.11 Å². The van der Waals surface area contributed by atoms with Gasteiger partial charge in [-0.2, -0.15) is 13.2 Å². The van der Waals surface area contributed by atoms with E-state index in [1.165, 1.54) is 10.9 Å². The fourth-order valence-corrected chi connectivity index (χ4v) is 4.81. The van der Waals surface area contributed by atoms with Crippen molar-refractivity contribution < 1.29 is 17.9 Å². The number of benzene rings is 1. The Morgan fingerprint density at radius 2 is 1.83 bits per heavy atom. The van der Waals surface area contributed by atoms with Crippen LogP contribution >= 0.6 is 11.8 Å². The van der Waals surface area contributed by atoms with Crippen LogP contribution in [-0.2, 0) is 19.0 Å². The van der Waals surface area contributed by atoms with E-state index in [9.17, 15) is 13.2 Å². The molecule has 1 aliphatic carbocycles. The maximum atomic E-state index is 13.0. The summed E-state index contributed by atoms with van der Waals surface area (Å²) in [4.78, 5) is 21.8. The molecule has 7 nitrogen and oxygen atoms in total.